The number of aryl methyl sites for hydroxylation is 2. The molecule has 1 aromatic carbocycles. The Morgan fingerprint density at radius 1 is 1.10 bits per heavy atom. The lowest BCUT2D eigenvalue weighted by atomic mass is 9.98. The molecule has 1 unspecified atom stereocenters. The number of nitriles is 1. The summed E-state index contributed by atoms with van der Waals surface area (Å²) in [6.07, 6.45) is 0. The lowest BCUT2D eigenvalue weighted by molar-refractivity contribution is 0.860. The zero-order valence-corrected chi connectivity index (χ0v) is 12.4. The maximum absolute atomic E-state index is 9.03. The number of nitrogens with one attached hydrogen (secondary N) is 1. The van der Waals surface area contributed by atoms with E-state index in [1.54, 1.807) is 0 Å². The van der Waals surface area contributed by atoms with Crippen molar-refractivity contribution in [3.05, 3.63) is 58.3 Å². The molecule has 1 N–H and O–H groups in total. The fourth-order valence-corrected chi connectivity index (χ4v) is 2.26. The van der Waals surface area contributed by atoms with E-state index in [2.05, 4.69) is 55.3 Å². The van der Waals surface area contributed by atoms with Crippen molar-refractivity contribution in [3.8, 4) is 6.07 Å². The van der Waals surface area contributed by atoms with Gasteiger partial charge in [0, 0.05) is 0 Å². The number of hydrogen-bond donors (Lipinski definition) is 1. The lowest BCUT2D eigenvalue weighted by Gasteiger charge is -2.18. The van der Waals surface area contributed by atoms with E-state index in [1.807, 2.05) is 19.1 Å². The normalized spacial score (nSPS) is 11.8. The quantitative estimate of drug-likeness (QED) is 0.910. The van der Waals surface area contributed by atoms with Crippen molar-refractivity contribution in [3.63, 3.8) is 0 Å². The molecule has 0 radical (unpaired) electrons. The van der Waals surface area contributed by atoms with Crippen molar-refractivity contribution in [2.45, 2.75) is 33.7 Å². The fourth-order valence-electron chi connectivity index (χ4n) is 2.26. The number of anilines is 1. The van der Waals surface area contributed by atoms with Crippen LogP contribution < -0.4 is 5.32 Å². The van der Waals surface area contributed by atoms with Gasteiger partial charge in [-0.25, -0.2) is 4.98 Å². The summed E-state index contributed by atoms with van der Waals surface area (Å²) in [4.78, 5) is 4.34. The molecule has 0 saturated carbocycles. The molecule has 0 bridgehead atoms. The van der Waals surface area contributed by atoms with Crippen molar-refractivity contribution < 1.29 is 0 Å². The topological polar surface area (TPSA) is 48.7 Å². The van der Waals surface area contributed by atoms with Gasteiger partial charge in [0.25, 0.3) is 0 Å². The second-order valence-corrected chi connectivity index (χ2v) is 5.13. The standard InChI is InChI=1S/C17H19N3/c1-11-6-5-7-15(13(11)3)14(4)19-17-9-8-12(2)16(10-18)20-17/h5-9,14H,1-4H3,(H,19,20). The van der Waals surface area contributed by atoms with Crippen LogP contribution >= 0.6 is 0 Å². The Morgan fingerprint density at radius 2 is 1.85 bits per heavy atom. The van der Waals surface area contributed by atoms with Crippen LogP contribution in [0, 0.1) is 32.1 Å². The average molecular weight is 265 g/mol. The molecule has 0 fully saturated rings. The number of benzene rings is 1. The van der Waals surface area contributed by atoms with Gasteiger partial charge in [-0.3, -0.25) is 0 Å². The molecule has 0 amide bonds. The fraction of sp³-hybridized carbons (Fsp3) is 0.294. The summed E-state index contributed by atoms with van der Waals surface area (Å²) < 4.78 is 0. The number of aromatic nitrogens is 1. The van der Waals surface area contributed by atoms with Crippen molar-refractivity contribution >= 4 is 5.82 Å². The predicted molar refractivity (Wildman–Crippen MR) is 81.6 cm³/mol. The lowest BCUT2D eigenvalue weighted by Crippen LogP contribution is -2.10. The van der Waals surface area contributed by atoms with Crippen LogP contribution in [0.25, 0.3) is 0 Å². The highest BCUT2D eigenvalue weighted by Crippen LogP contribution is 2.23. The highest BCUT2D eigenvalue weighted by Gasteiger charge is 2.10. The van der Waals surface area contributed by atoms with Gasteiger partial charge in [0.15, 0.2) is 0 Å². The van der Waals surface area contributed by atoms with Crippen molar-refractivity contribution in [1.29, 1.82) is 5.26 Å². The van der Waals surface area contributed by atoms with Crippen LogP contribution in [0.15, 0.2) is 30.3 Å². The van der Waals surface area contributed by atoms with E-state index in [4.69, 9.17) is 5.26 Å². The SMILES string of the molecule is Cc1ccc(NC(C)c2cccc(C)c2C)nc1C#N. The van der Waals surface area contributed by atoms with Crippen LogP contribution in [0.5, 0.6) is 0 Å². The highest BCUT2D eigenvalue weighted by molar-refractivity contribution is 5.46. The largest absolute Gasteiger partial charge is 0.363 e. The zero-order valence-electron chi connectivity index (χ0n) is 12.4. The van der Waals surface area contributed by atoms with Gasteiger partial charge in [0.2, 0.25) is 0 Å². The van der Waals surface area contributed by atoms with E-state index in [1.165, 1.54) is 16.7 Å². The minimum atomic E-state index is 0.150. The summed E-state index contributed by atoms with van der Waals surface area (Å²) in [5, 5.41) is 12.4. The third-order valence-corrected chi connectivity index (χ3v) is 3.68. The summed E-state index contributed by atoms with van der Waals surface area (Å²) in [5.74, 6) is 0.737. The Morgan fingerprint density at radius 3 is 2.55 bits per heavy atom. The van der Waals surface area contributed by atoms with Crippen LogP contribution in [0.4, 0.5) is 5.82 Å². The van der Waals surface area contributed by atoms with Gasteiger partial charge in [-0.2, -0.15) is 5.26 Å². The molecular weight excluding hydrogens is 246 g/mol. The van der Waals surface area contributed by atoms with Crippen LogP contribution in [0.3, 0.4) is 0 Å². The smallest absolute Gasteiger partial charge is 0.145 e. The first-order valence-corrected chi connectivity index (χ1v) is 6.73. The second-order valence-electron chi connectivity index (χ2n) is 5.13. The monoisotopic (exact) mass is 265 g/mol. The van der Waals surface area contributed by atoms with Crippen LogP contribution in [0.1, 0.15) is 40.9 Å². The van der Waals surface area contributed by atoms with E-state index in [0.29, 0.717) is 5.69 Å². The first-order chi connectivity index (χ1) is 9.52. The first kappa shape index (κ1) is 14.1. The molecule has 3 heteroatoms. The maximum Gasteiger partial charge on any atom is 0.145 e. The molecule has 0 aliphatic carbocycles. The Kier molecular flexibility index (Phi) is 4.05. The van der Waals surface area contributed by atoms with Gasteiger partial charge < -0.3 is 5.32 Å². The van der Waals surface area contributed by atoms with E-state index in [9.17, 15) is 0 Å². The van der Waals surface area contributed by atoms with Crippen molar-refractivity contribution in [2.24, 2.45) is 0 Å². The molecule has 2 rings (SSSR count). The first-order valence-electron chi connectivity index (χ1n) is 6.73. The Labute approximate surface area is 120 Å². The Balaban J connectivity index is 2.26. The molecule has 0 spiro atoms. The molecular formula is C17H19N3. The summed E-state index contributed by atoms with van der Waals surface area (Å²) in [5.41, 5.74) is 5.21. The van der Waals surface area contributed by atoms with Crippen LogP contribution in [-0.2, 0) is 0 Å². The van der Waals surface area contributed by atoms with E-state index < -0.39 is 0 Å². The summed E-state index contributed by atoms with van der Waals surface area (Å²) >= 11 is 0. The molecule has 1 heterocycles. The zero-order chi connectivity index (χ0) is 14.7. The molecule has 20 heavy (non-hydrogen) atoms. The van der Waals surface area contributed by atoms with Gasteiger partial charge in [-0.15, -0.1) is 0 Å². The van der Waals surface area contributed by atoms with Gasteiger partial charge >= 0.3 is 0 Å². The molecule has 1 aromatic heterocycles. The third kappa shape index (κ3) is 2.80. The molecule has 0 aliphatic heterocycles. The Hall–Kier alpha value is -2.34. The molecule has 3 nitrogen and oxygen atoms in total. The summed E-state index contributed by atoms with van der Waals surface area (Å²) in [6.45, 7) is 8.24. The molecule has 0 saturated heterocycles. The van der Waals surface area contributed by atoms with Gasteiger partial charge in [0.05, 0.1) is 6.04 Å². The molecule has 2 aromatic rings. The maximum atomic E-state index is 9.03. The number of rotatable bonds is 3. The van der Waals surface area contributed by atoms with E-state index in [-0.39, 0.29) is 6.04 Å². The summed E-state index contributed by atoms with van der Waals surface area (Å²) in [7, 11) is 0. The van der Waals surface area contributed by atoms with Crippen molar-refractivity contribution in [1.82, 2.24) is 4.98 Å². The van der Waals surface area contributed by atoms with E-state index in [0.717, 1.165) is 11.4 Å². The Bertz CT molecular complexity index is 668. The third-order valence-electron chi connectivity index (χ3n) is 3.68. The highest BCUT2D eigenvalue weighted by atomic mass is 15.0. The summed E-state index contributed by atoms with van der Waals surface area (Å²) in [6, 6.07) is 12.4. The van der Waals surface area contributed by atoms with Gasteiger partial charge in [-0.05, 0) is 56.0 Å². The number of pyridine rings is 1. The number of nitrogens with zero attached hydrogens (tertiary/aromatic N) is 2. The van der Waals surface area contributed by atoms with Gasteiger partial charge in [0.1, 0.15) is 17.6 Å². The van der Waals surface area contributed by atoms with Crippen molar-refractivity contribution in [2.75, 3.05) is 5.32 Å². The second kappa shape index (κ2) is 5.75. The molecule has 1 atom stereocenters. The van der Waals surface area contributed by atoms with Crippen LogP contribution in [-0.4, -0.2) is 4.98 Å². The number of hydrogen-bond acceptors (Lipinski definition) is 3. The van der Waals surface area contributed by atoms with Crippen LogP contribution in [0.2, 0.25) is 0 Å². The minimum Gasteiger partial charge on any atom is -0.363 e. The predicted octanol–water partition coefficient (Wildman–Crippen LogP) is 4.05. The van der Waals surface area contributed by atoms with E-state index >= 15 is 0 Å². The molecule has 102 valence electrons. The molecule has 0 aliphatic rings. The van der Waals surface area contributed by atoms with Gasteiger partial charge in [-0.1, -0.05) is 24.3 Å². The average Bonchev–Trinajstić information content (AvgIpc) is 2.43. The minimum absolute atomic E-state index is 0.150.